The second kappa shape index (κ2) is 13.2. The average molecular weight is 466 g/mol. The maximum absolute atomic E-state index is 12.5. The van der Waals surface area contributed by atoms with Gasteiger partial charge in [-0.1, -0.05) is 13.8 Å². The fourth-order valence-corrected chi connectivity index (χ4v) is 4.45. The lowest BCUT2D eigenvalue weighted by Crippen LogP contribution is -2.37. The van der Waals surface area contributed by atoms with Gasteiger partial charge in [0.2, 0.25) is 11.8 Å². The lowest BCUT2D eigenvalue weighted by atomic mass is 10.2. The number of rotatable bonds is 14. The van der Waals surface area contributed by atoms with Crippen LogP contribution in [0.4, 0.5) is 0 Å². The van der Waals surface area contributed by atoms with E-state index in [1.165, 1.54) is 0 Å². The van der Waals surface area contributed by atoms with E-state index in [0.29, 0.717) is 35.4 Å². The van der Waals surface area contributed by atoms with E-state index >= 15 is 0 Å². The fourth-order valence-electron chi connectivity index (χ4n) is 3.38. The molecule has 0 aliphatic carbocycles. The van der Waals surface area contributed by atoms with Crippen LogP contribution in [0.25, 0.3) is 11.5 Å². The molecule has 2 rings (SSSR count). The molecule has 0 bridgehead atoms. The monoisotopic (exact) mass is 465 g/mol. The van der Waals surface area contributed by atoms with Crippen LogP contribution in [0.1, 0.15) is 38.1 Å². The van der Waals surface area contributed by atoms with Crippen LogP contribution in [0.15, 0.2) is 22.6 Å². The van der Waals surface area contributed by atoms with Crippen LogP contribution < -0.4 is 14.8 Å². The molecule has 1 aromatic carbocycles. The summed E-state index contributed by atoms with van der Waals surface area (Å²) >= 11 is 0. The maximum atomic E-state index is 12.5. The standard InChI is InChI=1S/C23H35N3O5S/c1-6-11-26(12-7-2)13-10-24-22(27)16-32(28)15-19-17(3)31-23(25-19)18-8-9-20(29-4)21(14-18)30-5/h8-9,14H,6-7,10-13,15-16H2,1-5H3,(H,24,27)/t32-/m1/s1. The Bertz CT molecular complexity index is 894. The third-order valence-electron chi connectivity index (χ3n) is 4.94. The molecule has 1 heterocycles. The van der Waals surface area contributed by atoms with Gasteiger partial charge in [0.15, 0.2) is 11.5 Å². The van der Waals surface area contributed by atoms with Crippen molar-refractivity contribution in [2.24, 2.45) is 0 Å². The zero-order valence-corrected chi connectivity index (χ0v) is 20.5. The number of hydrogen-bond acceptors (Lipinski definition) is 7. The van der Waals surface area contributed by atoms with Crippen LogP contribution in [0, 0.1) is 6.92 Å². The van der Waals surface area contributed by atoms with Gasteiger partial charge in [-0.05, 0) is 51.1 Å². The third kappa shape index (κ3) is 7.63. The number of aryl methyl sites for hydroxylation is 1. The summed E-state index contributed by atoms with van der Waals surface area (Å²) in [7, 11) is 1.76. The summed E-state index contributed by atoms with van der Waals surface area (Å²) in [6.07, 6.45) is 2.17. The Morgan fingerprint density at radius 1 is 1.12 bits per heavy atom. The molecule has 1 aromatic heterocycles. The second-order valence-corrected chi connectivity index (χ2v) is 8.97. The normalized spacial score (nSPS) is 12.1. The van der Waals surface area contributed by atoms with Gasteiger partial charge in [-0.15, -0.1) is 0 Å². The Balaban J connectivity index is 1.91. The van der Waals surface area contributed by atoms with Gasteiger partial charge in [0.1, 0.15) is 11.5 Å². The van der Waals surface area contributed by atoms with Crippen molar-refractivity contribution in [3.05, 3.63) is 29.7 Å². The summed E-state index contributed by atoms with van der Waals surface area (Å²) in [5.41, 5.74) is 1.31. The first kappa shape index (κ1) is 25.9. The van der Waals surface area contributed by atoms with Crippen LogP contribution in [0.2, 0.25) is 0 Å². The van der Waals surface area contributed by atoms with E-state index in [4.69, 9.17) is 13.9 Å². The molecule has 0 spiro atoms. The molecule has 0 unspecified atom stereocenters. The van der Waals surface area contributed by atoms with Gasteiger partial charge in [-0.2, -0.15) is 0 Å². The number of nitrogens with one attached hydrogen (secondary N) is 1. The van der Waals surface area contributed by atoms with Crippen molar-refractivity contribution < 1.29 is 22.9 Å². The van der Waals surface area contributed by atoms with E-state index in [-0.39, 0.29) is 17.4 Å². The van der Waals surface area contributed by atoms with Gasteiger partial charge in [-0.3, -0.25) is 9.00 Å². The fraction of sp³-hybridized carbons (Fsp3) is 0.565. The Hall–Kier alpha value is -2.39. The average Bonchev–Trinajstić information content (AvgIpc) is 3.13. The van der Waals surface area contributed by atoms with Crippen molar-refractivity contribution in [2.45, 2.75) is 39.4 Å². The minimum absolute atomic E-state index is 0.0560. The van der Waals surface area contributed by atoms with Gasteiger partial charge in [0.25, 0.3) is 0 Å². The highest BCUT2D eigenvalue weighted by atomic mass is 32.2. The topological polar surface area (TPSA) is 93.9 Å². The van der Waals surface area contributed by atoms with Gasteiger partial charge in [-0.25, -0.2) is 4.98 Å². The summed E-state index contributed by atoms with van der Waals surface area (Å²) in [5, 5.41) is 2.87. The van der Waals surface area contributed by atoms with Crippen LogP contribution in [-0.4, -0.2) is 66.2 Å². The Kier molecular flexibility index (Phi) is 10.7. The van der Waals surface area contributed by atoms with E-state index in [0.717, 1.165) is 38.0 Å². The Labute approximate surface area is 193 Å². The van der Waals surface area contributed by atoms with E-state index < -0.39 is 10.8 Å². The highest BCUT2D eigenvalue weighted by Crippen LogP contribution is 2.32. The van der Waals surface area contributed by atoms with Crippen molar-refractivity contribution in [3.8, 4) is 23.0 Å². The maximum Gasteiger partial charge on any atom is 0.232 e. The van der Waals surface area contributed by atoms with Crippen molar-refractivity contribution >= 4 is 16.7 Å². The van der Waals surface area contributed by atoms with E-state index in [2.05, 4.69) is 29.0 Å². The smallest absolute Gasteiger partial charge is 0.232 e. The molecule has 1 N–H and O–H groups in total. The number of oxazole rings is 1. The molecule has 9 heteroatoms. The molecule has 0 saturated carbocycles. The van der Waals surface area contributed by atoms with Gasteiger partial charge < -0.3 is 24.1 Å². The highest BCUT2D eigenvalue weighted by molar-refractivity contribution is 7.84. The Morgan fingerprint density at radius 2 is 1.81 bits per heavy atom. The van der Waals surface area contributed by atoms with Gasteiger partial charge in [0, 0.05) is 29.5 Å². The SMILES string of the molecule is CCCN(CCC)CCNC(=O)C[S@](=O)Cc1nc(-c2ccc(OC)c(OC)c2)oc1C. The van der Waals surface area contributed by atoms with Crippen molar-refractivity contribution in [2.75, 3.05) is 46.2 Å². The molecule has 8 nitrogen and oxygen atoms in total. The van der Waals surface area contributed by atoms with Crippen LogP contribution in [0.3, 0.4) is 0 Å². The molecule has 0 saturated heterocycles. The first-order chi connectivity index (χ1) is 15.4. The minimum atomic E-state index is -1.38. The lowest BCUT2D eigenvalue weighted by Gasteiger charge is -2.20. The number of ether oxygens (including phenoxy) is 2. The molecule has 0 aliphatic heterocycles. The van der Waals surface area contributed by atoms with E-state index in [1.54, 1.807) is 33.3 Å². The molecule has 0 fully saturated rings. The highest BCUT2D eigenvalue weighted by Gasteiger charge is 2.17. The molecule has 178 valence electrons. The van der Waals surface area contributed by atoms with Crippen LogP contribution >= 0.6 is 0 Å². The number of methoxy groups -OCH3 is 2. The molecule has 0 radical (unpaired) electrons. The third-order valence-corrected chi connectivity index (χ3v) is 6.12. The number of amides is 1. The summed E-state index contributed by atoms with van der Waals surface area (Å²) in [5.74, 6) is 2.06. The van der Waals surface area contributed by atoms with Gasteiger partial charge >= 0.3 is 0 Å². The Morgan fingerprint density at radius 3 is 2.44 bits per heavy atom. The van der Waals surface area contributed by atoms with Crippen molar-refractivity contribution in [3.63, 3.8) is 0 Å². The number of aromatic nitrogens is 1. The number of carbonyl (C=O) groups excluding carboxylic acids is 1. The first-order valence-corrected chi connectivity index (χ1v) is 12.4. The molecule has 0 aliphatic rings. The molecular formula is C23H35N3O5S. The summed E-state index contributed by atoms with van der Waals surface area (Å²) in [6.45, 7) is 9.46. The van der Waals surface area contributed by atoms with Gasteiger partial charge in [0.05, 0.1) is 25.7 Å². The summed E-state index contributed by atoms with van der Waals surface area (Å²) in [6, 6.07) is 5.37. The van der Waals surface area contributed by atoms with Crippen LogP contribution in [0.5, 0.6) is 11.5 Å². The molecular weight excluding hydrogens is 430 g/mol. The van der Waals surface area contributed by atoms with Crippen LogP contribution in [-0.2, 0) is 21.3 Å². The number of nitrogens with zero attached hydrogens (tertiary/aromatic N) is 2. The second-order valence-electron chi connectivity index (χ2n) is 7.51. The largest absolute Gasteiger partial charge is 0.493 e. The van der Waals surface area contributed by atoms with E-state index in [1.807, 2.05) is 6.07 Å². The minimum Gasteiger partial charge on any atom is -0.493 e. The summed E-state index contributed by atoms with van der Waals surface area (Å²) < 4.78 is 28.9. The van der Waals surface area contributed by atoms with E-state index in [9.17, 15) is 9.00 Å². The van der Waals surface area contributed by atoms with Crippen molar-refractivity contribution in [1.82, 2.24) is 15.2 Å². The quantitative estimate of drug-likeness (QED) is 0.458. The molecule has 1 atom stereocenters. The lowest BCUT2D eigenvalue weighted by molar-refractivity contribution is -0.118. The number of hydrogen-bond donors (Lipinski definition) is 1. The molecule has 1 amide bonds. The predicted octanol–water partition coefficient (Wildman–Crippen LogP) is 3.15. The number of benzene rings is 1. The van der Waals surface area contributed by atoms with Crippen molar-refractivity contribution in [1.29, 1.82) is 0 Å². The molecule has 32 heavy (non-hydrogen) atoms. The predicted molar refractivity (Wildman–Crippen MR) is 127 cm³/mol. The number of carbonyl (C=O) groups is 1. The zero-order chi connectivity index (χ0) is 23.5. The molecule has 2 aromatic rings. The summed E-state index contributed by atoms with van der Waals surface area (Å²) in [4.78, 5) is 19.0. The first-order valence-electron chi connectivity index (χ1n) is 10.9. The zero-order valence-electron chi connectivity index (χ0n) is 19.7.